The van der Waals surface area contributed by atoms with Crippen LogP contribution in [-0.2, 0) is 9.59 Å². The average molecular weight is 563 g/mol. The highest BCUT2D eigenvalue weighted by atomic mass is 79.9. The Hall–Kier alpha value is -1.91. The number of nitrogens with zero attached hydrogens (tertiary/aromatic N) is 3. The second-order valence-electron chi connectivity index (χ2n) is 9.30. The number of carbonyl (C=O) groups is 2. The Kier molecular flexibility index (Phi) is 12.2. The monoisotopic (exact) mass is 561 g/mol. The summed E-state index contributed by atoms with van der Waals surface area (Å²) in [6, 6.07) is 4.11. The minimum atomic E-state index is -0.458. The molecule has 1 unspecified atom stereocenters. The fraction of sp³-hybridized carbons (Fsp3) is 0.607. The summed E-state index contributed by atoms with van der Waals surface area (Å²) in [4.78, 5) is 31.2. The van der Waals surface area contributed by atoms with E-state index in [1.165, 1.54) is 9.90 Å². The van der Waals surface area contributed by atoms with E-state index in [-0.39, 0.29) is 17.4 Å². The fourth-order valence-electron chi connectivity index (χ4n) is 4.29. The Morgan fingerprint density at radius 2 is 1.71 bits per heavy atom. The standard InChI is InChI=1S/C28H40BrN3O2S/c1-6-10-13-21(9-4)19-32-26(33)23(20(5)24(18-30)27(32)34)16-22-17-25(29)28(35-22)31(14-11-7-2)15-12-8-3/h16-17,21H,6-15,19H2,1-5H3/b23-16+. The molecule has 2 amide bonds. The van der Waals surface area contributed by atoms with Crippen LogP contribution in [0.4, 0.5) is 5.00 Å². The predicted molar refractivity (Wildman–Crippen MR) is 150 cm³/mol. The van der Waals surface area contributed by atoms with E-state index in [0.717, 1.165) is 73.8 Å². The first-order valence-corrected chi connectivity index (χ1v) is 14.7. The smallest absolute Gasteiger partial charge is 0.271 e. The van der Waals surface area contributed by atoms with E-state index >= 15 is 0 Å². The number of rotatable bonds is 14. The highest BCUT2D eigenvalue weighted by Crippen LogP contribution is 2.39. The van der Waals surface area contributed by atoms with Gasteiger partial charge in [0.05, 0.1) is 4.47 Å². The number of halogens is 1. The number of unbranched alkanes of at least 4 members (excludes halogenated alkanes) is 3. The fourth-order valence-corrected chi connectivity index (χ4v) is 6.23. The van der Waals surface area contributed by atoms with Crippen molar-refractivity contribution in [3.63, 3.8) is 0 Å². The molecule has 0 radical (unpaired) electrons. The first-order chi connectivity index (χ1) is 16.8. The van der Waals surface area contributed by atoms with E-state index in [9.17, 15) is 14.9 Å². The third-order valence-corrected chi connectivity index (χ3v) is 8.64. The van der Waals surface area contributed by atoms with Crippen molar-refractivity contribution < 1.29 is 9.59 Å². The molecule has 0 saturated heterocycles. The van der Waals surface area contributed by atoms with Gasteiger partial charge in [0, 0.05) is 30.1 Å². The zero-order chi connectivity index (χ0) is 26.0. The van der Waals surface area contributed by atoms with E-state index in [4.69, 9.17) is 0 Å². The van der Waals surface area contributed by atoms with Gasteiger partial charge in [-0.3, -0.25) is 14.5 Å². The van der Waals surface area contributed by atoms with Gasteiger partial charge in [-0.05, 0) is 65.7 Å². The molecule has 1 aliphatic rings. The summed E-state index contributed by atoms with van der Waals surface area (Å²) in [5.41, 5.74) is 0.991. The lowest BCUT2D eigenvalue weighted by atomic mass is 9.92. The molecule has 0 N–H and O–H groups in total. The van der Waals surface area contributed by atoms with Crippen molar-refractivity contribution in [3.8, 4) is 6.07 Å². The molecule has 0 spiro atoms. The molecule has 2 rings (SSSR count). The Labute approximate surface area is 224 Å². The lowest BCUT2D eigenvalue weighted by Crippen LogP contribution is -2.45. The van der Waals surface area contributed by atoms with Gasteiger partial charge in [-0.2, -0.15) is 5.26 Å². The summed E-state index contributed by atoms with van der Waals surface area (Å²) in [7, 11) is 0. The Morgan fingerprint density at radius 3 is 2.26 bits per heavy atom. The maximum Gasteiger partial charge on any atom is 0.271 e. The van der Waals surface area contributed by atoms with E-state index in [2.05, 4.69) is 54.6 Å². The molecule has 192 valence electrons. The van der Waals surface area contributed by atoms with Gasteiger partial charge >= 0.3 is 0 Å². The summed E-state index contributed by atoms with van der Waals surface area (Å²) in [6.45, 7) is 12.7. The van der Waals surface area contributed by atoms with Gasteiger partial charge in [0.15, 0.2) is 0 Å². The number of hydrogen-bond acceptors (Lipinski definition) is 5. The van der Waals surface area contributed by atoms with Crippen molar-refractivity contribution in [3.05, 3.63) is 32.1 Å². The number of thiophene rings is 1. The molecule has 0 fully saturated rings. The second-order valence-corrected chi connectivity index (χ2v) is 11.2. The Morgan fingerprint density at radius 1 is 1.09 bits per heavy atom. The van der Waals surface area contributed by atoms with Crippen molar-refractivity contribution >= 4 is 50.2 Å². The van der Waals surface area contributed by atoms with Crippen LogP contribution in [0.2, 0.25) is 0 Å². The quantitative estimate of drug-likeness (QED) is 0.172. The zero-order valence-corrected chi connectivity index (χ0v) is 24.4. The molecule has 35 heavy (non-hydrogen) atoms. The summed E-state index contributed by atoms with van der Waals surface area (Å²) < 4.78 is 1.02. The molecule has 0 aliphatic carbocycles. The molecular weight excluding hydrogens is 522 g/mol. The van der Waals surface area contributed by atoms with E-state index in [1.54, 1.807) is 18.3 Å². The number of anilines is 1. The minimum absolute atomic E-state index is 0.0737. The minimum Gasteiger partial charge on any atom is -0.363 e. The molecule has 7 heteroatoms. The molecule has 5 nitrogen and oxygen atoms in total. The van der Waals surface area contributed by atoms with Crippen LogP contribution in [0.3, 0.4) is 0 Å². The van der Waals surface area contributed by atoms with Crippen molar-refractivity contribution in [2.45, 2.75) is 86.0 Å². The first kappa shape index (κ1) is 29.3. The van der Waals surface area contributed by atoms with E-state index in [1.807, 2.05) is 12.1 Å². The van der Waals surface area contributed by atoms with Gasteiger partial charge in [0.25, 0.3) is 11.8 Å². The summed E-state index contributed by atoms with van der Waals surface area (Å²) in [6.07, 6.45) is 10.4. The summed E-state index contributed by atoms with van der Waals surface area (Å²) in [5, 5.41) is 10.9. The van der Waals surface area contributed by atoms with Crippen molar-refractivity contribution in [1.29, 1.82) is 5.26 Å². The number of hydrogen-bond donors (Lipinski definition) is 0. The maximum absolute atomic E-state index is 13.5. The van der Waals surface area contributed by atoms with Gasteiger partial charge < -0.3 is 4.90 Å². The largest absolute Gasteiger partial charge is 0.363 e. The highest BCUT2D eigenvalue weighted by molar-refractivity contribution is 9.10. The van der Waals surface area contributed by atoms with Gasteiger partial charge in [0.1, 0.15) is 16.6 Å². The second kappa shape index (κ2) is 14.6. The van der Waals surface area contributed by atoms with E-state index in [0.29, 0.717) is 17.7 Å². The number of imide groups is 1. The molecule has 1 aromatic rings. The maximum atomic E-state index is 13.5. The molecular formula is C28H40BrN3O2S. The van der Waals surface area contributed by atoms with Crippen LogP contribution >= 0.6 is 27.3 Å². The lowest BCUT2D eigenvalue weighted by Gasteiger charge is -2.30. The van der Waals surface area contributed by atoms with Crippen molar-refractivity contribution in [2.24, 2.45) is 5.92 Å². The zero-order valence-electron chi connectivity index (χ0n) is 22.0. The summed E-state index contributed by atoms with van der Waals surface area (Å²) >= 11 is 5.38. The van der Waals surface area contributed by atoms with Crippen LogP contribution in [0.5, 0.6) is 0 Å². The lowest BCUT2D eigenvalue weighted by molar-refractivity contribution is -0.141. The highest BCUT2D eigenvalue weighted by Gasteiger charge is 2.36. The van der Waals surface area contributed by atoms with Crippen LogP contribution in [0.1, 0.15) is 90.9 Å². The molecule has 0 aromatic carbocycles. The molecule has 1 aliphatic heterocycles. The van der Waals surface area contributed by atoms with E-state index < -0.39 is 5.91 Å². The molecule has 0 saturated carbocycles. The molecule has 2 heterocycles. The van der Waals surface area contributed by atoms with Crippen LogP contribution in [-0.4, -0.2) is 36.3 Å². The third-order valence-electron chi connectivity index (χ3n) is 6.63. The van der Waals surface area contributed by atoms with Crippen LogP contribution < -0.4 is 4.90 Å². The number of carbonyl (C=O) groups excluding carboxylic acids is 2. The molecule has 0 bridgehead atoms. The number of amides is 2. The van der Waals surface area contributed by atoms with Gasteiger partial charge in [-0.15, -0.1) is 11.3 Å². The predicted octanol–water partition coefficient (Wildman–Crippen LogP) is 7.73. The summed E-state index contributed by atoms with van der Waals surface area (Å²) in [5.74, 6) is -0.502. The first-order valence-electron chi connectivity index (χ1n) is 13.1. The normalized spacial score (nSPS) is 16.3. The average Bonchev–Trinajstić information content (AvgIpc) is 3.21. The van der Waals surface area contributed by atoms with Crippen LogP contribution in [0.25, 0.3) is 6.08 Å². The Bertz CT molecular complexity index is 981. The van der Waals surface area contributed by atoms with Crippen LogP contribution in [0.15, 0.2) is 27.3 Å². The van der Waals surface area contributed by atoms with Crippen LogP contribution in [0, 0.1) is 17.2 Å². The topological polar surface area (TPSA) is 64.4 Å². The molecule has 1 atom stereocenters. The van der Waals surface area contributed by atoms with Crippen molar-refractivity contribution in [1.82, 2.24) is 4.90 Å². The van der Waals surface area contributed by atoms with Gasteiger partial charge in [-0.25, -0.2) is 0 Å². The Balaban J connectivity index is 2.43. The third kappa shape index (κ3) is 7.54. The number of nitriles is 1. The van der Waals surface area contributed by atoms with Crippen molar-refractivity contribution in [2.75, 3.05) is 24.5 Å². The molecule has 1 aromatic heterocycles. The van der Waals surface area contributed by atoms with Gasteiger partial charge in [0.2, 0.25) is 0 Å². The SMILES string of the molecule is CCCCC(CC)CN1C(=O)C(C#N)=C(C)/C(=C\c2cc(Br)c(N(CCCC)CCCC)s2)C1=O. The van der Waals surface area contributed by atoms with Gasteiger partial charge in [-0.1, -0.05) is 59.8 Å².